The number of nitrogens with one attached hydrogen (secondary N) is 1. The molecule has 100 valence electrons. The van der Waals surface area contributed by atoms with Crippen molar-refractivity contribution in [3.05, 3.63) is 52.2 Å². The van der Waals surface area contributed by atoms with E-state index < -0.39 is 10.0 Å². The molecule has 2 rings (SSSR count). The normalized spacial score (nSPS) is 11.8. The first-order valence-corrected chi connectivity index (χ1v) is 8.15. The predicted octanol–water partition coefficient (Wildman–Crippen LogP) is 2.62. The number of aryl methyl sites for hydroxylation is 1. The topological polar surface area (TPSA) is 58.5 Å². The van der Waals surface area contributed by atoms with Gasteiger partial charge in [0.05, 0.1) is 11.1 Å². The molecule has 6 heteroatoms. The summed E-state index contributed by atoms with van der Waals surface area (Å²) in [6.45, 7) is 2.02. The lowest BCUT2D eigenvalue weighted by Gasteiger charge is -2.03. The Morgan fingerprint density at radius 3 is 2.58 bits per heavy atom. The summed E-state index contributed by atoms with van der Waals surface area (Å²) in [4.78, 5) is 3.31. The molecule has 1 aromatic carbocycles. The summed E-state index contributed by atoms with van der Waals surface area (Å²) in [7, 11) is -3.58. The molecule has 1 aromatic heterocycles. The second-order valence-electron chi connectivity index (χ2n) is 3.87. The summed E-state index contributed by atoms with van der Waals surface area (Å²) in [5, 5.41) is 5.65. The van der Waals surface area contributed by atoms with E-state index in [0.29, 0.717) is 0 Å². The van der Waals surface area contributed by atoms with E-state index in [1.54, 1.807) is 24.3 Å². The Hall–Kier alpha value is -1.66. The van der Waals surface area contributed by atoms with Gasteiger partial charge < -0.3 is 0 Å². The van der Waals surface area contributed by atoms with Gasteiger partial charge in [0.1, 0.15) is 0 Å². The quantitative estimate of drug-likeness (QED) is 0.680. The van der Waals surface area contributed by atoms with E-state index in [2.05, 4.69) is 9.93 Å². The van der Waals surface area contributed by atoms with Crippen molar-refractivity contribution < 1.29 is 8.42 Å². The lowest BCUT2D eigenvalue weighted by molar-refractivity contribution is 0.584. The average molecular weight is 294 g/mol. The third-order valence-electron chi connectivity index (χ3n) is 2.55. The highest BCUT2D eigenvalue weighted by atomic mass is 32.2. The molecule has 0 amide bonds. The van der Waals surface area contributed by atoms with Crippen LogP contribution in [0.25, 0.3) is 0 Å². The van der Waals surface area contributed by atoms with E-state index in [1.165, 1.54) is 17.6 Å². The molecule has 0 atom stereocenters. The molecule has 0 aliphatic carbocycles. The molecule has 0 unspecified atom stereocenters. The first kappa shape index (κ1) is 13.8. The van der Waals surface area contributed by atoms with Crippen LogP contribution < -0.4 is 4.83 Å². The van der Waals surface area contributed by atoms with Crippen LogP contribution >= 0.6 is 11.3 Å². The highest BCUT2D eigenvalue weighted by molar-refractivity contribution is 7.89. The van der Waals surface area contributed by atoms with Gasteiger partial charge in [0.15, 0.2) is 0 Å². The second kappa shape index (κ2) is 5.99. The van der Waals surface area contributed by atoms with Crippen molar-refractivity contribution in [2.24, 2.45) is 5.10 Å². The fourth-order valence-corrected chi connectivity index (χ4v) is 2.86. The Morgan fingerprint density at radius 1 is 1.26 bits per heavy atom. The largest absolute Gasteiger partial charge is 0.276 e. The third kappa shape index (κ3) is 3.65. The molecule has 1 N–H and O–H groups in total. The number of hydrogen-bond donors (Lipinski definition) is 1. The Kier molecular flexibility index (Phi) is 4.34. The van der Waals surface area contributed by atoms with Crippen LogP contribution in [0.4, 0.5) is 0 Å². The Labute approximate surface area is 116 Å². The predicted molar refractivity (Wildman–Crippen MR) is 78.1 cm³/mol. The van der Waals surface area contributed by atoms with Gasteiger partial charge >= 0.3 is 0 Å². The third-order valence-corrected chi connectivity index (χ3v) is 4.60. The van der Waals surface area contributed by atoms with Crippen LogP contribution in [-0.4, -0.2) is 14.6 Å². The molecule has 1 heterocycles. The van der Waals surface area contributed by atoms with Crippen molar-refractivity contribution in [3.63, 3.8) is 0 Å². The molecule has 4 nitrogen and oxygen atoms in total. The van der Waals surface area contributed by atoms with Gasteiger partial charge in [-0.1, -0.05) is 25.1 Å². The van der Waals surface area contributed by atoms with Gasteiger partial charge in [-0.3, -0.25) is 0 Å². The fourth-order valence-electron chi connectivity index (χ4n) is 1.48. The maximum Gasteiger partial charge on any atom is 0.276 e. The Bertz CT molecular complexity index is 644. The van der Waals surface area contributed by atoms with Crippen molar-refractivity contribution in [3.8, 4) is 0 Å². The van der Waals surface area contributed by atoms with Crippen LogP contribution in [0.1, 0.15) is 17.4 Å². The summed E-state index contributed by atoms with van der Waals surface area (Å²) < 4.78 is 23.9. The van der Waals surface area contributed by atoms with Crippen molar-refractivity contribution in [1.82, 2.24) is 4.83 Å². The smallest absolute Gasteiger partial charge is 0.200 e. The Balaban J connectivity index is 2.09. The maximum atomic E-state index is 11.9. The van der Waals surface area contributed by atoms with Crippen LogP contribution in [0.15, 0.2) is 51.8 Å². The van der Waals surface area contributed by atoms with Crippen molar-refractivity contribution in [1.29, 1.82) is 0 Å². The average Bonchev–Trinajstić information content (AvgIpc) is 2.92. The molecule has 0 saturated carbocycles. The lowest BCUT2D eigenvalue weighted by Crippen LogP contribution is -2.18. The molecule has 0 aliphatic rings. The van der Waals surface area contributed by atoms with Gasteiger partial charge in [0.2, 0.25) is 0 Å². The summed E-state index contributed by atoms with van der Waals surface area (Å²) in [6, 6.07) is 10.5. The van der Waals surface area contributed by atoms with E-state index in [9.17, 15) is 8.42 Å². The monoisotopic (exact) mass is 294 g/mol. The van der Waals surface area contributed by atoms with E-state index in [0.717, 1.165) is 16.9 Å². The lowest BCUT2D eigenvalue weighted by atomic mass is 10.2. The fraction of sp³-hybridized carbons (Fsp3) is 0.154. The van der Waals surface area contributed by atoms with Gasteiger partial charge in [-0.15, -0.1) is 11.3 Å². The van der Waals surface area contributed by atoms with Gasteiger partial charge in [-0.2, -0.15) is 13.5 Å². The molecular formula is C13H14N2O2S2. The number of benzene rings is 1. The van der Waals surface area contributed by atoms with E-state index in [-0.39, 0.29) is 4.90 Å². The molecule has 0 spiro atoms. The number of nitrogens with zero attached hydrogens (tertiary/aromatic N) is 1. The van der Waals surface area contributed by atoms with Crippen LogP contribution in [0, 0.1) is 0 Å². The highest BCUT2D eigenvalue weighted by Crippen LogP contribution is 2.11. The zero-order valence-corrected chi connectivity index (χ0v) is 12.0. The SMILES string of the molecule is CCc1ccc(S(=O)(=O)N/N=C/c2cccs2)cc1. The number of rotatable bonds is 5. The Morgan fingerprint density at radius 2 is 2.00 bits per heavy atom. The van der Waals surface area contributed by atoms with Crippen molar-refractivity contribution >= 4 is 27.6 Å². The minimum atomic E-state index is -3.58. The van der Waals surface area contributed by atoms with Gasteiger partial charge in [-0.05, 0) is 35.6 Å². The zero-order chi connectivity index (χ0) is 13.7. The molecule has 0 saturated heterocycles. The molecule has 0 aliphatic heterocycles. The number of hydrazone groups is 1. The molecule has 0 fully saturated rings. The van der Waals surface area contributed by atoms with Crippen molar-refractivity contribution in [2.45, 2.75) is 18.2 Å². The van der Waals surface area contributed by atoms with E-state index in [4.69, 9.17) is 0 Å². The zero-order valence-electron chi connectivity index (χ0n) is 10.4. The number of thiophene rings is 1. The first-order valence-electron chi connectivity index (χ1n) is 5.79. The number of hydrogen-bond acceptors (Lipinski definition) is 4. The van der Waals surface area contributed by atoms with Gasteiger partial charge in [0, 0.05) is 4.88 Å². The summed E-state index contributed by atoms with van der Waals surface area (Å²) in [6.07, 6.45) is 2.37. The minimum Gasteiger partial charge on any atom is -0.200 e. The summed E-state index contributed by atoms with van der Waals surface area (Å²) >= 11 is 1.49. The molecule has 2 aromatic rings. The van der Waals surface area contributed by atoms with E-state index >= 15 is 0 Å². The van der Waals surface area contributed by atoms with Gasteiger partial charge in [-0.25, -0.2) is 4.83 Å². The summed E-state index contributed by atoms with van der Waals surface area (Å²) in [5.74, 6) is 0. The summed E-state index contributed by atoms with van der Waals surface area (Å²) in [5.41, 5.74) is 1.10. The van der Waals surface area contributed by atoms with Crippen LogP contribution in [-0.2, 0) is 16.4 Å². The van der Waals surface area contributed by atoms with Crippen LogP contribution in [0.5, 0.6) is 0 Å². The van der Waals surface area contributed by atoms with E-state index in [1.807, 2.05) is 24.4 Å². The van der Waals surface area contributed by atoms with Crippen LogP contribution in [0.3, 0.4) is 0 Å². The van der Waals surface area contributed by atoms with Crippen molar-refractivity contribution in [2.75, 3.05) is 0 Å². The standard InChI is InChI=1S/C13H14N2O2S2/c1-2-11-5-7-13(8-6-11)19(16,17)15-14-10-12-4-3-9-18-12/h3-10,15H,2H2,1H3/b14-10+. The highest BCUT2D eigenvalue weighted by Gasteiger charge is 2.11. The molecule has 0 radical (unpaired) electrons. The first-order chi connectivity index (χ1) is 9.12. The second-order valence-corrected chi connectivity index (χ2v) is 6.51. The number of sulfonamides is 1. The minimum absolute atomic E-state index is 0.216. The maximum absolute atomic E-state index is 11.9. The van der Waals surface area contributed by atoms with Gasteiger partial charge in [0.25, 0.3) is 10.0 Å². The molecular weight excluding hydrogens is 280 g/mol. The molecule has 0 bridgehead atoms. The molecule has 19 heavy (non-hydrogen) atoms. The van der Waals surface area contributed by atoms with Crippen LogP contribution in [0.2, 0.25) is 0 Å².